The van der Waals surface area contributed by atoms with Gasteiger partial charge in [0.1, 0.15) is 0 Å². The molecule has 1 aromatic rings. The third-order valence-corrected chi connectivity index (χ3v) is 3.81. The summed E-state index contributed by atoms with van der Waals surface area (Å²) in [4.78, 5) is -0.687. The lowest BCUT2D eigenvalue weighted by Crippen LogP contribution is -2.40. The number of halogens is 4. The van der Waals surface area contributed by atoms with Crippen molar-refractivity contribution in [3.05, 3.63) is 17.9 Å². The standard InChI is InChI=1S/C10H12F4N2O4S/c1-20-9-6(11)2-5(3-7(9)15)21(18,19)16-4-8(17)10(12,13)14/h2-3,8,16-17H,4,15H2,1H3. The van der Waals surface area contributed by atoms with Crippen molar-refractivity contribution in [1.82, 2.24) is 4.72 Å². The summed E-state index contributed by atoms with van der Waals surface area (Å²) in [6.07, 6.45) is -7.86. The third kappa shape index (κ3) is 4.19. The van der Waals surface area contributed by atoms with E-state index in [0.717, 1.165) is 13.2 Å². The molecule has 0 bridgehead atoms. The van der Waals surface area contributed by atoms with Crippen LogP contribution in [0.4, 0.5) is 23.2 Å². The van der Waals surface area contributed by atoms with Gasteiger partial charge in [0, 0.05) is 6.54 Å². The molecule has 1 unspecified atom stereocenters. The number of hydrogen-bond acceptors (Lipinski definition) is 5. The fraction of sp³-hybridized carbons (Fsp3) is 0.400. The topological polar surface area (TPSA) is 102 Å². The molecule has 0 spiro atoms. The fourth-order valence-electron chi connectivity index (χ4n) is 1.35. The van der Waals surface area contributed by atoms with Crippen LogP contribution in [0.2, 0.25) is 0 Å². The average Bonchev–Trinajstić information content (AvgIpc) is 2.34. The number of aliphatic hydroxyl groups is 1. The molecule has 120 valence electrons. The van der Waals surface area contributed by atoms with Crippen molar-refractivity contribution in [3.63, 3.8) is 0 Å². The summed E-state index contributed by atoms with van der Waals surface area (Å²) in [5.74, 6) is -1.47. The second kappa shape index (κ2) is 6.03. The number of nitrogens with one attached hydrogen (secondary N) is 1. The summed E-state index contributed by atoms with van der Waals surface area (Å²) in [7, 11) is -3.36. The minimum atomic E-state index is -4.98. The molecular formula is C10H12F4N2O4S. The number of hydrogen-bond donors (Lipinski definition) is 3. The van der Waals surface area contributed by atoms with E-state index in [-0.39, 0.29) is 11.4 Å². The van der Waals surface area contributed by atoms with Crippen LogP contribution in [-0.4, -0.2) is 39.5 Å². The minimum absolute atomic E-state index is 0.339. The van der Waals surface area contributed by atoms with E-state index in [1.165, 1.54) is 4.72 Å². The smallest absolute Gasteiger partial charge is 0.415 e. The zero-order valence-corrected chi connectivity index (χ0v) is 11.4. The van der Waals surface area contributed by atoms with Gasteiger partial charge < -0.3 is 15.6 Å². The van der Waals surface area contributed by atoms with Gasteiger partial charge in [0.05, 0.1) is 17.7 Å². The SMILES string of the molecule is COc1c(N)cc(S(=O)(=O)NCC(O)C(F)(F)F)cc1F. The lowest BCUT2D eigenvalue weighted by Gasteiger charge is -2.15. The van der Waals surface area contributed by atoms with Crippen molar-refractivity contribution in [2.45, 2.75) is 17.2 Å². The van der Waals surface area contributed by atoms with Gasteiger partial charge in [-0.15, -0.1) is 0 Å². The van der Waals surface area contributed by atoms with E-state index in [1.54, 1.807) is 0 Å². The number of rotatable bonds is 5. The van der Waals surface area contributed by atoms with Crippen LogP contribution in [0, 0.1) is 5.82 Å². The number of sulfonamides is 1. The Morgan fingerprint density at radius 3 is 2.43 bits per heavy atom. The highest BCUT2D eigenvalue weighted by molar-refractivity contribution is 7.89. The molecule has 21 heavy (non-hydrogen) atoms. The normalized spacial score (nSPS) is 14.0. The van der Waals surface area contributed by atoms with Gasteiger partial charge in [0.2, 0.25) is 10.0 Å². The average molecular weight is 332 g/mol. The molecule has 0 saturated heterocycles. The van der Waals surface area contributed by atoms with E-state index < -0.39 is 39.6 Å². The van der Waals surface area contributed by atoms with E-state index in [2.05, 4.69) is 4.74 Å². The van der Waals surface area contributed by atoms with Gasteiger partial charge in [-0.25, -0.2) is 17.5 Å². The monoisotopic (exact) mass is 332 g/mol. The quantitative estimate of drug-likeness (QED) is 0.542. The number of ether oxygens (including phenoxy) is 1. The van der Waals surface area contributed by atoms with E-state index in [1.807, 2.05) is 0 Å². The molecule has 6 nitrogen and oxygen atoms in total. The lowest BCUT2D eigenvalue weighted by atomic mass is 10.3. The summed E-state index contributed by atoms with van der Waals surface area (Å²) < 4.78 is 79.2. The van der Waals surface area contributed by atoms with Crippen LogP contribution in [0.25, 0.3) is 0 Å². The maximum absolute atomic E-state index is 13.5. The summed E-state index contributed by atoms with van der Waals surface area (Å²) in [5, 5.41) is 8.72. The third-order valence-electron chi connectivity index (χ3n) is 2.40. The largest absolute Gasteiger partial charge is 0.492 e. The molecule has 0 fully saturated rings. The first-order chi connectivity index (χ1) is 9.49. The number of nitrogen functional groups attached to an aromatic ring is 1. The lowest BCUT2D eigenvalue weighted by molar-refractivity contribution is -0.200. The minimum Gasteiger partial charge on any atom is -0.492 e. The van der Waals surface area contributed by atoms with Crippen molar-refractivity contribution in [2.24, 2.45) is 0 Å². The molecule has 0 saturated carbocycles. The number of nitrogens with two attached hydrogens (primary N) is 1. The number of methoxy groups -OCH3 is 1. The predicted molar refractivity (Wildman–Crippen MR) is 64.6 cm³/mol. The first-order valence-electron chi connectivity index (χ1n) is 5.36. The second-order valence-electron chi connectivity index (χ2n) is 3.94. The second-order valence-corrected chi connectivity index (χ2v) is 5.70. The van der Waals surface area contributed by atoms with Crippen molar-refractivity contribution in [3.8, 4) is 5.75 Å². The van der Waals surface area contributed by atoms with Crippen LogP contribution in [0.5, 0.6) is 5.75 Å². The molecule has 0 aliphatic rings. The van der Waals surface area contributed by atoms with Gasteiger partial charge in [-0.3, -0.25) is 0 Å². The Labute approximate surface area is 117 Å². The Balaban J connectivity index is 2.99. The van der Waals surface area contributed by atoms with Crippen molar-refractivity contribution < 1.29 is 35.8 Å². The zero-order chi connectivity index (χ0) is 16.4. The summed E-state index contributed by atoms with van der Waals surface area (Å²) >= 11 is 0. The van der Waals surface area contributed by atoms with E-state index in [9.17, 15) is 26.0 Å². The fourth-order valence-corrected chi connectivity index (χ4v) is 2.43. The van der Waals surface area contributed by atoms with Crippen LogP contribution in [0.1, 0.15) is 0 Å². The number of anilines is 1. The molecule has 0 radical (unpaired) electrons. The van der Waals surface area contributed by atoms with Gasteiger partial charge >= 0.3 is 6.18 Å². The Bertz CT molecular complexity index is 595. The Kier molecular flexibility index (Phi) is 5.02. The summed E-state index contributed by atoms with van der Waals surface area (Å²) in [6.45, 7) is -1.31. The molecule has 0 amide bonds. The Morgan fingerprint density at radius 2 is 2.00 bits per heavy atom. The first kappa shape index (κ1) is 17.5. The molecule has 1 aromatic carbocycles. The zero-order valence-electron chi connectivity index (χ0n) is 10.6. The highest BCUT2D eigenvalue weighted by atomic mass is 32.2. The van der Waals surface area contributed by atoms with Crippen LogP contribution in [-0.2, 0) is 10.0 Å². The van der Waals surface area contributed by atoms with Gasteiger partial charge in [0.15, 0.2) is 17.7 Å². The van der Waals surface area contributed by atoms with Crippen molar-refractivity contribution in [2.75, 3.05) is 19.4 Å². The highest BCUT2D eigenvalue weighted by Crippen LogP contribution is 2.28. The Hall–Kier alpha value is -1.59. The highest BCUT2D eigenvalue weighted by Gasteiger charge is 2.38. The Morgan fingerprint density at radius 1 is 1.43 bits per heavy atom. The maximum Gasteiger partial charge on any atom is 0.415 e. The molecule has 1 atom stereocenters. The number of benzene rings is 1. The van der Waals surface area contributed by atoms with E-state index in [0.29, 0.717) is 6.07 Å². The van der Waals surface area contributed by atoms with Crippen LogP contribution in [0.15, 0.2) is 17.0 Å². The van der Waals surface area contributed by atoms with Crippen molar-refractivity contribution >= 4 is 15.7 Å². The van der Waals surface area contributed by atoms with Crippen LogP contribution in [0.3, 0.4) is 0 Å². The number of alkyl halides is 3. The molecule has 0 heterocycles. The van der Waals surface area contributed by atoms with Crippen molar-refractivity contribution in [1.29, 1.82) is 0 Å². The molecule has 0 aliphatic carbocycles. The molecular weight excluding hydrogens is 320 g/mol. The van der Waals surface area contributed by atoms with Gasteiger partial charge in [-0.05, 0) is 12.1 Å². The van der Waals surface area contributed by atoms with Gasteiger partial charge in [-0.2, -0.15) is 13.2 Å². The van der Waals surface area contributed by atoms with Gasteiger partial charge in [0.25, 0.3) is 0 Å². The van der Waals surface area contributed by atoms with Crippen LogP contribution >= 0.6 is 0 Å². The first-order valence-corrected chi connectivity index (χ1v) is 6.85. The van der Waals surface area contributed by atoms with Gasteiger partial charge in [-0.1, -0.05) is 0 Å². The van der Waals surface area contributed by atoms with Crippen LogP contribution < -0.4 is 15.2 Å². The molecule has 0 aliphatic heterocycles. The van der Waals surface area contributed by atoms with E-state index in [4.69, 9.17) is 10.8 Å². The maximum atomic E-state index is 13.5. The number of aliphatic hydroxyl groups excluding tert-OH is 1. The predicted octanol–water partition coefficient (Wildman–Crippen LogP) is 0.618. The molecule has 4 N–H and O–H groups in total. The molecule has 11 heteroatoms. The molecule has 1 rings (SSSR count). The molecule has 0 aromatic heterocycles. The van der Waals surface area contributed by atoms with E-state index >= 15 is 0 Å². The summed E-state index contributed by atoms with van der Waals surface area (Å²) in [5.41, 5.74) is 5.03. The summed E-state index contributed by atoms with van der Waals surface area (Å²) in [6, 6.07) is 1.36.